The molecule has 1 aromatic heterocycles. The van der Waals surface area contributed by atoms with Crippen LogP contribution in [0.3, 0.4) is 0 Å². The molecule has 2 aromatic carbocycles. The Balaban J connectivity index is 1.49. The highest BCUT2D eigenvalue weighted by atomic mass is 19.1. The zero-order valence-electron chi connectivity index (χ0n) is 19.6. The van der Waals surface area contributed by atoms with Gasteiger partial charge in [-0.15, -0.1) is 0 Å². The summed E-state index contributed by atoms with van der Waals surface area (Å²) in [4.78, 5) is 40.6. The van der Waals surface area contributed by atoms with Crippen LogP contribution in [-0.4, -0.2) is 58.1 Å². The lowest BCUT2D eigenvalue weighted by atomic mass is 10.1. The first-order chi connectivity index (χ1) is 16.1. The van der Waals surface area contributed by atoms with E-state index < -0.39 is 23.4 Å². The maximum Gasteiger partial charge on any atom is 0.410 e. The summed E-state index contributed by atoms with van der Waals surface area (Å²) >= 11 is 0. The summed E-state index contributed by atoms with van der Waals surface area (Å²) in [5, 5.41) is 0.603. The van der Waals surface area contributed by atoms with E-state index in [0.29, 0.717) is 38.1 Å². The molecule has 7 nitrogen and oxygen atoms in total. The Morgan fingerprint density at radius 2 is 1.65 bits per heavy atom. The lowest BCUT2D eigenvalue weighted by molar-refractivity contribution is 0.0140. The monoisotopic (exact) mass is 465 g/mol. The summed E-state index contributed by atoms with van der Waals surface area (Å²) in [6.07, 6.45) is 1.28. The summed E-state index contributed by atoms with van der Waals surface area (Å²) in [5.74, 6) is -0.999. The van der Waals surface area contributed by atoms with Gasteiger partial charge in [0, 0.05) is 50.4 Å². The van der Waals surface area contributed by atoms with Crippen molar-refractivity contribution in [2.75, 3.05) is 26.2 Å². The molecule has 34 heavy (non-hydrogen) atoms. The first-order valence-corrected chi connectivity index (χ1v) is 11.3. The molecule has 8 heteroatoms. The number of halogens is 1. The summed E-state index contributed by atoms with van der Waals surface area (Å²) < 4.78 is 21.9. The van der Waals surface area contributed by atoms with Gasteiger partial charge in [-0.1, -0.05) is 18.2 Å². The minimum absolute atomic E-state index is 0.00595. The summed E-state index contributed by atoms with van der Waals surface area (Å²) in [7, 11) is 0. The number of fused-ring (bicyclic) bond motifs is 1. The number of pyridine rings is 1. The van der Waals surface area contributed by atoms with Crippen molar-refractivity contribution >= 4 is 22.9 Å². The molecule has 178 valence electrons. The molecule has 0 radical (unpaired) electrons. The van der Waals surface area contributed by atoms with Crippen LogP contribution in [0.25, 0.3) is 10.9 Å². The maximum absolute atomic E-state index is 14.6. The fourth-order valence-electron chi connectivity index (χ4n) is 4.02. The van der Waals surface area contributed by atoms with Crippen LogP contribution in [-0.2, 0) is 11.3 Å². The van der Waals surface area contributed by atoms with Gasteiger partial charge in [0.2, 0.25) is 0 Å². The maximum atomic E-state index is 14.6. The lowest BCUT2D eigenvalue weighted by Crippen LogP contribution is -2.51. The van der Waals surface area contributed by atoms with E-state index in [1.807, 2.05) is 22.8 Å². The molecule has 0 atom stereocenters. The van der Waals surface area contributed by atoms with Crippen molar-refractivity contribution in [1.29, 1.82) is 0 Å². The lowest BCUT2D eigenvalue weighted by Gasteiger charge is -2.35. The second kappa shape index (κ2) is 9.29. The van der Waals surface area contributed by atoms with Crippen LogP contribution in [0.1, 0.15) is 36.7 Å². The normalized spacial score (nSPS) is 14.4. The standard InChI is InChI=1S/C26H28FN3O4/c1-26(2,3)34-25(33)29-14-12-28(13-15-29)24(32)20-16-18(8-9-21(20)27)17-30-11-10-23(31)19-6-4-5-7-22(19)30/h4-11,16H,12-15,17H2,1-3H3. The Morgan fingerprint density at radius 1 is 0.971 bits per heavy atom. The van der Waals surface area contributed by atoms with Gasteiger partial charge in [0.1, 0.15) is 11.4 Å². The Kier molecular flexibility index (Phi) is 6.41. The number of piperazine rings is 1. The van der Waals surface area contributed by atoms with Gasteiger partial charge >= 0.3 is 6.09 Å². The molecular formula is C26H28FN3O4. The van der Waals surface area contributed by atoms with Crippen molar-refractivity contribution in [3.8, 4) is 0 Å². The minimum atomic E-state index is -0.592. The fraction of sp³-hybridized carbons (Fsp3) is 0.346. The number of amides is 2. The Labute approximate surface area is 197 Å². The first kappa shape index (κ1) is 23.5. The van der Waals surface area contributed by atoms with E-state index in [9.17, 15) is 18.8 Å². The number of benzene rings is 2. The van der Waals surface area contributed by atoms with E-state index in [2.05, 4.69) is 0 Å². The highest BCUT2D eigenvalue weighted by molar-refractivity contribution is 5.95. The van der Waals surface area contributed by atoms with Crippen molar-refractivity contribution < 1.29 is 18.7 Å². The van der Waals surface area contributed by atoms with Crippen LogP contribution in [0.4, 0.5) is 9.18 Å². The van der Waals surface area contributed by atoms with Crippen molar-refractivity contribution in [3.63, 3.8) is 0 Å². The largest absolute Gasteiger partial charge is 0.444 e. The number of para-hydroxylation sites is 1. The van der Waals surface area contributed by atoms with Crippen LogP contribution in [0.15, 0.2) is 59.5 Å². The van der Waals surface area contributed by atoms with Gasteiger partial charge in [-0.25, -0.2) is 9.18 Å². The van der Waals surface area contributed by atoms with Crippen LogP contribution in [0, 0.1) is 5.82 Å². The average molecular weight is 466 g/mol. The van der Waals surface area contributed by atoms with E-state index >= 15 is 0 Å². The smallest absolute Gasteiger partial charge is 0.410 e. The first-order valence-electron chi connectivity index (χ1n) is 11.3. The number of carbonyl (C=O) groups excluding carboxylic acids is 2. The van der Waals surface area contributed by atoms with E-state index in [4.69, 9.17) is 4.74 Å². The SMILES string of the molecule is CC(C)(C)OC(=O)N1CCN(C(=O)c2cc(Cn3ccc(=O)c4ccccc43)ccc2F)CC1. The van der Waals surface area contributed by atoms with Crippen LogP contribution in [0.2, 0.25) is 0 Å². The summed E-state index contributed by atoms with van der Waals surface area (Å²) in [6.45, 7) is 7.03. The van der Waals surface area contributed by atoms with Crippen LogP contribution in [0.5, 0.6) is 0 Å². The highest BCUT2D eigenvalue weighted by Crippen LogP contribution is 2.18. The molecule has 1 aliphatic heterocycles. The molecular weight excluding hydrogens is 437 g/mol. The van der Waals surface area contributed by atoms with Crippen LogP contribution >= 0.6 is 0 Å². The van der Waals surface area contributed by atoms with Crippen LogP contribution < -0.4 is 5.43 Å². The third-order valence-electron chi connectivity index (χ3n) is 5.72. The summed E-state index contributed by atoms with van der Waals surface area (Å²) in [5.41, 5.74) is 0.850. The molecule has 1 fully saturated rings. The summed E-state index contributed by atoms with van der Waals surface area (Å²) in [6, 6.07) is 13.3. The number of ether oxygens (including phenoxy) is 1. The minimum Gasteiger partial charge on any atom is -0.444 e. The average Bonchev–Trinajstić information content (AvgIpc) is 2.81. The van der Waals surface area contributed by atoms with E-state index in [0.717, 1.165) is 11.1 Å². The van der Waals surface area contributed by atoms with E-state index in [1.165, 1.54) is 12.1 Å². The van der Waals surface area contributed by atoms with Gasteiger partial charge in [-0.05, 0) is 50.6 Å². The zero-order chi connectivity index (χ0) is 24.5. The van der Waals surface area contributed by atoms with Gasteiger partial charge in [0.25, 0.3) is 5.91 Å². The van der Waals surface area contributed by atoms with Crippen molar-refractivity contribution in [2.45, 2.75) is 32.9 Å². The quantitative estimate of drug-likeness (QED) is 0.589. The number of rotatable bonds is 3. The number of aromatic nitrogens is 1. The van der Waals surface area contributed by atoms with E-state index in [1.54, 1.807) is 55.0 Å². The molecule has 2 amide bonds. The topological polar surface area (TPSA) is 71.8 Å². The van der Waals surface area contributed by atoms with Gasteiger partial charge in [-0.2, -0.15) is 0 Å². The van der Waals surface area contributed by atoms with Gasteiger partial charge in [0.05, 0.1) is 11.1 Å². The molecule has 0 bridgehead atoms. The number of hydrogen-bond acceptors (Lipinski definition) is 4. The highest BCUT2D eigenvalue weighted by Gasteiger charge is 2.29. The molecule has 0 aliphatic carbocycles. The molecule has 0 N–H and O–H groups in total. The molecule has 0 unspecified atom stereocenters. The molecule has 1 saturated heterocycles. The van der Waals surface area contributed by atoms with Crippen molar-refractivity contribution in [2.24, 2.45) is 0 Å². The molecule has 1 aliphatic rings. The third kappa shape index (κ3) is 5.11. The molecule has 0 saturated carbocycles. The third-order valence-corrected chi connectivity index (χ3v) is 5.72. The van der Waals surface area contributed by atoms with Crippen molar-refractivity contribution in [3.05, 3.63) is 81.9 Å². The van der Waals surface area contributed by atoms with Crippen molar-refractivity contribution in [1.82, 2.24) is 14.4 Å². The van der Waals surface area contributed by atoms with Gasteiger partial charge < -0.3 is 19.1 Å². The second-order valence-corrected chi connectivity index (χ2v) is 9.40. The fourth-order valence-corrected chi connectivity index (χ4v) is 4.02. The Bertz CT molecular complexity index is 1290. The number of hydrogen-bond donors (Lipinski definition) is 0. The van der Waals surface area contributed by atoms with Gasteiger partial charge in [0.15, 0.2) is 5.43 Å². The second-order valence-electron chi connectivity index (χ2n) is 9.40. The molecule has 4 rings (SSSR count). The number of carbonyl (C=O) groups is 2. The predicted octanol–water partition coefficient (Wildman–Crippen LogP) is 3.88. The molecule has 2 heterocycles. The van der Waals surface area contributed by atoms with Gasteiger partial charge in [-0.3, -0.25) is 9.59 Å². The number of nitrogens with zero attached hydrogens (tertiary/aromatic N) is 3. The van der Waals surface area contributed by atoms with E-state index in [-0.39, 0.29) is 11.0 Å². The Morgan fingerprint density at radius 3 is 2.35 bits per heavy atom. The Hall–Kier alpha value is -3.68. The molecule has 0 spiro atoms. The zero-order valence-corrected chi connectivity index (χ0v) is 19.6. The predicted molar refractivity (Wildman–Crippen MR) is 127 cm³/mol. The molecule has 3 aromatic rings.